The fourth-order valence-corrected chi connectivity index (χ4v) is 2.88. The van der Waals surface area contributed by atoms with Crippen molar-refractivity contribution in [2.75, 3.05) is 19.6 Å². The summed E-state index contributed by atoms with van der Waals surface area (Å²) in [6, 6.07) is 10.0. The molecule has 1 aromatic rings. The van der Waals surface area contributed by atoms with Crippen LogP contribution >= 0.6 is 0 Å². The second kappa shape index (κ2) is 6.48. The summed E-state index contributed by atoms with van der Waals surface area (Å²) < 4.78 is 6.22. The molecule has 118 valence electrons. The number of nitrogens with zero attached hydrogens (tertiary/aromatic N) is 1. The first-order valence-electron chi connectivity index (χ1n) is 7.86. The average Bonchev–Trinajstić information content (AvgIpc) is 3.38. The molecule has 2 aliphatic rings. The molecule has 2 amide bonds. The van der Waals surface area contributed by atoms with Gasteiger partial charge in [0.25, 0.3) is 0 Å². The number of nitrogens with one attached hydrogen (secondary N) is 1. The average molecular weight is 302 g/mol. The maximum Gasteiger partial charge on any atom is 0.242 e. The van der Waals surface area contributed by atoms with Crippen molar-refractivity contribution < 1.29 is 14.3 Å². The number of benzene rings is 1. The van der Waals surface area contributed by atoms with Crippen LogP contribution in [0.1, 0.15) is 31.4 Å². The first-order valence-corrected chi connectivity index (χ1v) is 7.86. The van der Waals surface area contributed by atoms with Crippen LogP contribution in [0.15, 0.2) is 30.3 Å². The Kier molecular flexibility index (Phi) is 4.43. The number of carbonyl (C=O) groups excluding carboxylic acids is 2. The van der Waals surface area contributed by atoms with E-state index < -0.39 is 0 Å². The monoisotopic (exact) mass is 302 g/mol. The largest absolute Gasteiger partial charge is 0.366 e. The topological polar surface area (TPSA) is 58.6 Å². The van der Waals surface area contributed by atoms with E-state index in [1.165, 1.54) is 19.8 Å². The zero-order chi connectivity index (χ0) is 15.5. The Balaban J connectivity index is 1.70. The highest BCUT2D eigenvalue weighted by molar-refractivity contribution is 5.83. The number of ether oxygens (including phenoxy) is 1. The number of amides is 2. The van der Waals surface area contributed by atoms with Gasteiger partial charge in [-0.3, -0.25) is 9.59 Å². The summed E-state index contributed by atoms with van der Waals surface area (Å²) in [5.74, 6) is 0.354. The molecule has 1 heterocycles. The van der Waals surface area contributed by atoms with Gasteiger partial charge >= 0.3 is 0 Å². The summed E-state index contributed by atoms with van der Waals surface area (Å²) in [6.45, 7) is 2.67. The molecule has 5 nitrogen and oxygen atoms in total. The molecule has 2 fully saturated rings. The first kappa shape index (κ1) is 15.0. The molecule has 1 aromatic carbocycles. The smallest absolute Gasteiger partial charge is 0.242 e. The maximum atomic E-state index is 12.3. The van der Waals surface area contributed by atoms with E-state index in [4.69, 9.17) is 4.74 Å². The van der Waals surface area contributed by atoms with Crippen molar-refractivity contribution in [2.45, 2.75) is 32.0 Å². The number of morpholine rings is 1. The fraction of sp³-hybridized carbons (Fsp3) is 0.529. The van der Waals surface area contributed by atoms with Crippen LogP contribution in [0.3, 0.4) is 0 Å². The first-order chi connectivity index (χ1) is 10.6. The Morgan fingerprint density at radius 3 is 2.59 bits per heavy atom. The molecule has 3 rings (SSSR count). The van der Waals surface area contributed by atoms with Crippen molar-refractivity contribution in [3.05, 3.63) is 35.9 Å². The summed E-state index contributed by atoms with van der Waals surface area (Å²) in [5, 5.41) is 2.59. The highest BCUT2D eigenvalue weighted by Crippen LogP contribution is 2.39. The molecule has 0 radical (unpaired) electrons. The van der Waals surface area contributed by atoms with Gasteiger partial charge in [0.1, 0.15) is 6.10 Å². The molecule has 2 atom stereocenters. The van der Waals surface area contributed by atoms with E-state index >= 15 is 0 Å². The fourth-order valence-electron chi connectivity index (χ4n) is 2.88. The lowest BCUT2D eigenvalue weighted by molar-refractivity contribution is -0.147. The van der Waals surface area contributed by atoms with E-state index in [9.17, 15) is 9.59 Å². The van der Waals surface area contributed by atoms with Crippen molar-refractivity contribution in [1.29, 1.82) is 0 Å². The van der Waals surface area contributed by atoms with Crippen LogP contribution in [0, 0.1) is 5.92 Å². The predicted molar refractivity (Wildman–Crippen MR) is 82.0 cm³/mol. The predicted octanol–water partition coefficient (Wildman–Crippen LogP) is 1.50. The van der Waals surface area contributed by atoms with Crippen molar-refractivity contribution >= 4 is 11.8 Å². The zero-order valence-corrected chi connectivity index (χ0v) is 12.8. The Morgan fingerprint density at radius 2 is 1.95 bits per heavy atom. The van der Waals surface area contributed by atoms with E-state index in [1.807, 2.05) is 35.2 Å². The molecule has 1 aliphatic heterocycles. The maximum absolute atomic E-state index is 12.3. The Labute approximate surface area is 130 Å². The van der Waals surface area contributed by atoms with Gasteiger partial charge in [0, 0.05) is 13.5 Å². The summed E-state index contributed by atoms with van der Waals surface area (Å²) in [7, 11) is 0. The summed E-state index contributed by atoms with van der Waals surface area (Å²) in [5.41, 5.74) is 1.10. The van der Waals surface area contributed by atoms with Gasteiger partial charge in [0.2, 0.25) is 11.8 Å². The molecule has 1 aliphatic carbocycles. The van der Waals surface area contributed by atoms with E-state index in [1.54, 1.807) is 0 Å². The minimum absolute atomic E-state index is 0.0370. The quantitative estimate of drug-likeness (QED) is 0.917. The summed E-state index contributed by atoms with van der Waals surface area (Å²) >= 11 is 0. The van der Waals surface area contributed by atoms with Crippen LogP contribution in [0.25, 0.3) is 0 Å². The lowest BCUT2D eigenvalue weighted by atomic mass is 10.0. The number of hydrogen-bond donors (Lipinski definition) is 1. The van der Waals surface area contributed by atoms with Crippen LogP contribution < -0.4 is 5.32 Å². The van der Waals surface area contributed by atoms with Gasteiger partial charge in [0.15, 0.2) is 0 Å². The number of rotatable bonds is 4. The van der Waals surface area contributed by atoms with Crippen LogP contribution in [-0.4, -0.2) is 42.5 Å². The zero-order valence-electron chi connectivity index (χ0n) is 12.8. The highest BCUT2D eigenvalue weighted by atomic mass is 16.5. The number of carbonyl (C=O) groups is 2. The van der Waals surface area contributed by atoms with Crippen LogP contribution in [0.4, 0.5) is 0 Å². The lowest BCUT2D eigenvalue weighted by Crippen LogP contribution is -2.50. The second-order valence-electron chi connectivity index (χ2n) is 6.12. The summed E-state index contributed by atoms with van der Waals surface area (Å²) in [4.78, 5) is 25.1. The van der Waals surface area contributed by atoms with Crippen molar-refractivity contribution in [2.24, 2.45) is 5.92 Å². The van der Waals surface area contributed by atoms with Crippen LogP contribution in [0.5, 0.6) is 0 Å². The molecular formula is C17H22N2O3. The normalized spacial score (nSPS) is 24.9. The number of hydrogen-bond acceptors (Lipinski definition) is 3. The van der Waals surface area contributed by atoms with Crippen molar-refractivity contribution in [3.8, 4) is 0 Å². The van der Waals surface area contributed by atoms with Gasteiger partial charge in [-0.2, -0.15) is 0 Å². The minimum Gasteiger partial charge on any atom is -0.366 e. The second-order valence-corrected chi connectivity index (χ2v) is 6.12. The third-order valence-corrected chi connectivity index (χ3v) is 4.29. The Hall–Kier alpha value is -1.88. The van der Waals surface area contributed by atoms with Gasteiger partial charge in [-0.05, 0) is 24.3 Å². The minimum atomic E-state index is -0.181. The molecule has 0 spiro atoms. The SMILES string of the molecule is CC(=O)NCC(=O)N1C[C@@H](c2ccccc2)O[C@@H](C2CC2)C1. The van der Waals surface area contributed by atoms with E-state index in [-0.39, 0.29) is 30.6 Å². The molecule has 0 aromatic heterocycles. The van der Waals surface area contributed by atoms with Crippen molar-refractivity contribution in [3.63, 3.8) is 0 Å². The Bertz CT molecular complexity index is 542. The van der Waals surface area contributed by atoms with Gasteiger partial charge in [-0.25, -0.2) is 0 Å². The third-order valence-electron chi connectivity index (χ3n) is 4.29. The van der Waals surface area contributed by atoms with Gasteiger partial charge in [-0.15, -0.1) is 0 Å². The highest BCUT2D eigenvalue weighted by Gasteiger charge is 2.39. The molecule has 22 heavy (non-hydrogen) atoms. The van der Waals surface area contributed by atoms with Gasteiger partial charge in [-0.1, -0.05) is 30.3 Å². The van der Waals surface area contributed by atoms with Crippen LogP contribution in [0.2, 0.25) is 0 Å². The van der Waals surface area contributed by atoms with E-state index in [0.29, 0.717) is 19.0 Å². The van der Waals surface area contributed by atoms with Gasteiger partial charge < -0.3 is 15.0 Å². The molecule has 0 bridgehead atoms. The van der Waals surface area contributed by atoms with Crippen LogP contribution in [-0.2, 0) is 14.3 Å². The third kappa shape index (κ3) is 3.65. The molecule has 1 saturated carbocycles. The molecule has 5 heteroatoms. The molecule has 0 unspecified atom stereocenters. The Morgan fingerprint density at radius 1 is 1.23 bits per heavy atom. The molecular weight excluding hydrogens is 280 g/mol. The van der Waals surface area contributed by atoms with Gasteiger partial charge in [0.05, 0.1) is 19.2 Å². The summed E-state index contributed by atoms with van der Waals surface area (Å²) in [6.07, 6.45) is 2.39. The lowest BCUT2D eigenvalue weighted by Gasteiger charge is -2.38. The standard InChI is InChI=1S/C17H22N2O3/c1-12(20)18-9-17(21)19-10-15(13-5-3-2-4-6-13)22-16(11-19)14-7-8-14/h2-6,14-16H,7-11H2,1H3,(H,18,20)/t15-,16+/m0/s1. The molecule has 1 N–H and O–H groups in total. The van der Waals surface area contributed by atoms with Crippen molar-refractivity contribution in [1.82, 2.24) is 10.2 Å². The van der Waals surface area contributed by atoms with E-state index in [0.717, 1.165) is 5.56 Å². The van der Waals surface area contributed by atoms with E-state index in [2.05, 4.69) is 5.32 Å². The molecule has 1 saturated heterocycles.